The van der Waals surface area contributed by atoms with Gasteiger partial charge < -0.3 is 23.7 Å². The van der Waals surface area contributed by atoms with E-state index in [1.165, 1.54) is 216 Å². The summed E-state index contributed by atoms with van der Waals surface area (Å²) in [6.45, 7) is 9.67. The zero-order valence-corrected chi connectivity index (χ0v) is 52.6. The molecular formula is C74H116BFN2O3. The molecule has 5 nitrogen and oxygen atoms in total. The third-order valence-corrected chi connectivity index (χ3v) is 16.5. The predicted octanol–water partition coefficient (Wildman–Crippen LogP) is 18.9. The first-order chi connectivity index (χ1) is 39.4. The van der Waals surface area contributed by atoms with Crippen LogP contribution in [0.3, 0.4) is 0 Å². The smallest absolute Gasteiger partial charge is 0.123 e. The van der Waals surface area contributed by atoms with Crippen molar-refractivity contribution < 1.29 is 28.1 Å². The SMILES string of the molecule is CCCCCCCCCCCCCCCC[N+](C)(C)Cc1ccccc1.CCCCCCCCCCCCCCCC[N+](C)(C)Cc1ccccc1.[O-]B([O-])OCCCCCC(c1ccccc1)(c1ccccc1)c1ccc(F)cc1. The van der Waals surface area contributed by atoms with E-state index in [9.17, 15) is 14.4 Å². The van der Waals surface area contributed by atoms with Gasteiger partial charge in [-0.15, -0.1) is 0 Å². The summed E-state index contributed by atoms with van der Waals surface area (Å²) in [6, 6.07) is 49.1. The quantitative estimate of drug-likeness (QED) is 0.0169. The first kappa shape index (κ1) is 71.2. The molecule has 0 radical (unpaired) electrons. The van der Waals surface area contributed by atoms with Crippen molar-refractivity contribution in [1.29, 1.82) is 0 Å². The molecule has 5 aromatic rings. The number of nitrogens with zero attached hydrogens (tertiary/aromatic N) is 2. The highest BCUT2D eigenvalue weighted by molar-refractivity contribution is 6.28. The summed E-state index contributed by atoms with van der Waals surface area (Å²) in [5, 5.41) is 21.0. The maximum absolute atomic E-state index is 13.7. The lowest BCUT2D eigenvalue weighted by atomic mass is 9.66. The van der Waals surface area contributed by atoms with Crippen LogP contribution in [0.1, 0.15) is 247 Å². The van der Waals surface area contributed by atoms with E-state index in [1.807, 2.05) is 48.5 Å². The molecule has 0 aliphatic carbocycles. The van der Waals surface area contributed by atoms with Crippen molar-refractivity contribution in [2.75, 3.05) is 47.9 Å². The van der Waals surface area contributed by atoms with Gasteiger partial charge in [-0.1, -0.05) is 314 Å². The number of quaternary nitrogens is 2. The Morgan fingerprint density at radius 1 is 0.358 bits per heavy atom. The maximum Gasteiger partial charge on any atom is 0.123 e. The lowest BCUT2D eigenvalue weighted by Crippen LogP contribution is -2.47. The van der Waals surface area contributed by atoms with Crippen molar-refractivity contribution in [1.82, 2.24) is 0 Å². The summed E-state index contributed by atoms with van der Waals surface area (Å²) in [6.07, 6.45) is 43.5. The number of unbranched alkanes of at least 4 members (excludes halogenated alkanes) is 28. The molecule has 5 rings (SSSR count). The third-order valence-electron chi connectivity index (χ3n) is 16.5. The minimum absolute atomic E-state index is 0.178. The molecule has 0 heterocycles. The van der Waals surface area contributed by atoms with Gasteiger partial charge in [-0.05, 0) is 67.3 Å². The Labute approximate surface area is 497 Å². The van der Waals surface area contributed by atoms with E-state index in [-0.39, 0.29) is 12.4 Å². The summed E-state index contributed by atoms with van der Waals surface area (Å²) >= 11 is 0. The topological polar surface area (TPSA) is 55.3 Å². The Kier molecular flexibility index (Phi) is 39.8. The number of rotatable bonds is 44. The predicted molar refractivity (Wildman–Crippen MR) is 344 cm³/mol. The summed E-state index contributed by atoms with van der Waals surface area (Å²) in [5.74, 6) is -0.259. The van der Waals surface area contributed by atoms with E-state index in [4.69, 9.17) is 0 Å². The van der Waals surface area contributed by atoms with Gasteiger partial charge in [0.05, 0.1) is 48.6 Å². The molecule has 0 aliphatic rings. The van der Waals surface area contributed by atoms with E-state index in [0.717, 1.165) is 58.0 Å². The van der Waals surface area contributed by atoms with Crippen molar-refractivity contribution >= 4 is 7.32 Å². The molecule has 450 valence electrons. The van der Waals surface area contributed by atoms with Crippen LogP contribution in [0.2, 0.25) is 0 Å². The largest absolute Gasteiger partial charge is 0.871 e. The zero-order chi connectivity index (χ0) is 58.4. The van der Waals surface area contributed by atoms with Crippen molar-refractivity contribution in [3.63, 3.8) is 0 Å². The molecule has 7 heteroatoms. The van der Waals surface area contributed by atoms with Gasteiger partial charge in [-0.25, -0.2) is 4.39 Å². The fourth-order valence-electron chi connectivity index (χ4n) is 11.7. The van der Waals surface area contributed by atoms with Gasteiger partial charge in [0, 0.05) is 23.1 Å². The second-order valence-corrected chi connectivity index (χ2v) is 24.9. The van der Waals surface area contributed by atoms with E-state index >= 15 is 0 Å². The van der Waals surface area contributed by atoms with Crippen LogP contribution in [0.5, 0.6) is 0 Å². The van der Waals surface area contributed by atoms with Crippen LogP contribution >= 0.6 is 0 Å². The number of hydrogen-bond donors (Lipinski definition) is 0. The van der Waals surface area contributed by atoms with Gasteiger partial charge in [-0.2, -0.15) is 0 Å². The molecule has 0 atom stereocenters. The average Bonchev–Trinajstić information content (AvgIpc) is 3.49. The van der Waals surface area contributed by atoms with Gasteiger partial charge in [0.15, 0.2) is 0 Å². The molecular weight excluding hydrogens is 995 g/mol. The molecule has 0 saturated carbocycles. The van der Waals surface area contributed by atoms with Crippen LogP contribution in [0.25, 0.3) is 0 Å². The first-order valence-corrected chi connectivity index (χ1v) is 32.9. The summed E-state index contributed by atoms with van der Waals surface area (Å²) < 4.78 is 20.5. The van der Waals surface area contributed by atoms with Crippen LogP contribution < -0.4 is 10.0 Å². The first-order valence-electron chi connectivity index (χ1n) is 32.9. The lowest BCUT2D eigenvalue weighted by molar-refractivity contribution is -0.903. The molecule has 0 aliphatic heterocycles. The molecule has 0 aromatic heterocycles. The maximum atomic E-state index is 13.7. The summed E-state index contributed by atoms with van der Waals surface area (Å²) in [5.41, 5.74) is 5.83. The van der Waals surface area contributed by atoms with Crippen molar-refractivity contribution in [3.05, 3.63) is 179 Å². The molecule has 0 spiro atoms. The van der Waals surface area contributed by atoms with Gasteiger partial charge in [0.25, 0.3) is 0 Å². The van der Waals surface area contributed by atoms with Gasteiger partial charge >= 0.3 is 0 Å². The van der Waals surface area contributed by atoms with Crippen molar-refractivity contribution in [2.24, 2.45) is 0 Å². The normalized spacial score (nSPS) is 11.7. The standard InChI is InChI=1S/2C25H46N.C24H24BFO3/c2*1-4-5-6-7-8-9-10-11-12-13-14-15-16-20-23-26(2,3)24-25-21-18-17-19-22-25;26-23-16-14-22(15-17-23)24(20-10-4-1-5-11-20,21-12-6-2-7-13-21)18-8-3-9-19-29-25(27)28/h2*17-19,21-22H,4-16,20,23-24H2,1-3H3;1-2,4-7,10-17H,3,8-9,18-19H2/q2*+1;-2. The highest BCUT2D eigenvalue weighted by Gasteiger charge is 2.35. The van der Waals surface area contributed by atoms with E-state index in [0.29, 0.717) is 6.42 Å². The van der Waals surface area contributed by atoms with E-state index in [2.05, 4.69) is 132 Å². The lowest BCUT2D eigenvalue weighted by Gasteiger charge is -2.36. The van der Waals surface area contributed by atoms with Gasteiger partial charge in [-0.3, -0.25) is 0 Å². The van der Waals surface area contributed by atoms with Crippen LogP contribution in [-0.4, -0.2) is 64.2 Å². The van der Waals surface area contributed by atoms with E-state index in [1.54, 1.807) is 0 Å². The van der Waals surface area contributed by atoms with Crippen molar-refractivity contribution in [3.8, 4) is 0 Å². The summed E-state index contributed by atoms with van der Waals surface area (Å²) in [7, 11) is 7.26. The Hall–Kier alpha value is -4.11. The van der Waals surface area contributed by atoms with Gasteiger partial charge in [0.2, 0.25) is 0 Å². The van der Waals surface area contributed by atoms with Crippen molar-refractivity contribution in [2.45, 2.75) is 238 Å². The molecule has 0 fully saturated rings. The Balaban J connectivity index is 0.000000320. The zero-order valence-electron chi connectivity index (χ0n) is 52.6. The highest BCUT2D eigenvalue weighted by Crippen LogP contribution is 2.43. The number of hydrogen-bond acceptors (Lipinski definition) is 3. The third kappa shape index (κ3) is 34.3. The van der Waals surface area contributed by atoms with E-state index < -0.39 is 12.7 Å². The Morgan fingerprint density at radius 3 is 0.963 bits per heavy atom. The molecule has 81 heavy (non-hydrogen) atoms. The molecule has 0 unspecified atom stereocenters. The fraction of sp³-hybridized carbons (Fsp3) is 0.595. The van der Waals surface area contributed by atoms with Crippen LogP contribution in [0.4, 0.5) is 4.39 Å². The van der Waals surface area contributed by atoms with Gasteiger partial charge in [0.1, 0.15) is 18.9 Å². The molecule has 5 aromatic carbocycles. The minimum Gasteiger partial charge on any atom is -0.871 e. The summed E-state index contributed by atoms with van der Waals surface area (Å²) in [4.78, 5) is 0. The Morgan fingerprint density at radius 2 is 0.642 bits per heavy atom. The molecule has 0 N–H and O–H groups in total. The number of benzene rings is 5. The number of halogens is 1. The molecule has 0 bridgehead atoms. The van der Waals surface area contributed by atoms with Crippen LogP contribution in [0, 0.1) is 5.82 Å². The monoisotopic (exact) mass is 1110 g/mol. The highest BCUT2D eigenvalue weighted by atomic mass is 19.1. The minimum atomic E-state index is -2.22. The second-order valence-electron chi connectivity index (χ2n) is 24.9. The molecule has 0 saturated heterocycles. The van der Waals surface area contributed by atoms with Crippen LogP contribution in [-0.2, 0) is 23.2 Å². The Bertz CT molecular complexity index is 2040. The average molecular weight is 1110 g/mol. The second kappa shape index (κ2) is 45.3. The molecule has 0 amide bonds. The fourth-order valence-corrected chi connectivity index (χ4v) is 11.7. The van der Waals surface area contributed by atoms with Crippen LogP contribution in [0.15, 0.2) is 146 Å².